The molecule has 6 heteroatoms. The van der Waals surface area contributed by atoms with Crippen molar-refractivity contribution in [2.75, 3.05) is 37.6 Å². The highest BCUT2D eigenvalue weighted by Crippen LogP contribution is 2.28. The molecule has 2 aliphatic rings. The number of fused-ring (bicyclic) bond motifs is 1. The van der Waals surface area contributed by atoms with E-state index in [1.165, 1.54) is 44.3 Å². The van der Waals surface area contributed by atoms with Crippen LogP contribution in [-0.4, -0.2) is 49.6 Å². The molecule has 1 saturated heterocycles. The summed E-state index contributed by atoms with van der Waals surface area (Å²) >= 11 is 0. The number of amides is 1. The first kappa shape index (κ1) is 18.3. The molecule has 27 heavy (non-hydrogen) atoms. The van der Waals surface area contributed by atoms with Crippen LogP contribution in [0.3, 0.4) is 0 Å². The summed E-state index contributed by atoms with van der Waals surface area (Å²) in [5.41, 5.74) is 13.2. The van der Waals surface area contributed by atoms with Gasteiger partial charge in [-0.2, -0.15) is 0 Å². The number of primary amides is 1. The van der Waals surface area contributed by atoms with Crippen LogP contribution in [-0.2, 0) is 0 Å². The maximum Gasteiger partial charge on any atom is 0.284 e. The molecule has 4 N–H and O–H groups in total. The van der Waals surface area contributed by atoms with E-state index in [9.17, 15) is 4.79 Å². The fourth-order valence-corrected chi connectivity index (χ4v) is 4.42. The zero-order chi connectivity index (χ0) is 18.8. The minimum Gasteiger partial charge on any atom is -0.451 e. The van der Waals surface area contributed by atoms with Gasteiger partial charge in [-0.1, -0.05) is 0 Å². The van der Waals surface area contributed by atoms with Gasteiger partial charge in [0.2, 0.25) is 0 Å². The third-order valence-electron chi connectivity index (χ3n) is 6.23. The SMILES string of the molecule is NC(=O)c1cc2cc(N3CCN(CC[C@H]4CC[C@H](N)CC4)CC3)ccc2o1. The normalized spacial score (nSPS) is 24.4. The number of carbonyl (C=O) groups excluding carboxylic acids is 1. The molecule has 1 aliphatic heterocycles. The van der Waals surface area contributed by atoms with Crippen molar-refractivity contribution in [3.05, 3.63) is 30.0 Å². The summed E-state index contributed by atoms with van der Waals surface area (Å²) in [5, 5.41) is 0.930. The van der Waals surface area contributed by atoms with E-state index in [1.54, 1.807) is 6.07 Å². The van der Waals surface area contributed by atoms with Crippen LogP contribution in [0.2, 0.25) is 0 Å². The minimum atomic E-state index is -0.527. The number of rotatable bonds is 5. The van der Waals surface area contributed by atoms with Crippen molar-refractivity contribution in [1.29, 1.82) is 0 Å². The van der Waals surface area contributed by atoms with Gasteiger partial charge in [0.05, 0.1) is 0 Å². The Balaban J connectivity index is 1.29. The number of furan rings is 1. The van der Waals surface area contributed by atoms with Crippen LogP contribution in [0.1, 0.15) is 42.7 Å². The fourth-order valence-electron chi connectivity index (χ4n) is 4.42. The van der Waals surface area contributed by atoms with Gasteiger partial charge in [-0.3, -0.25) is 9.69 Å². The molecule has 0 spiro atoms. The molecule has 2 fully saturated rings. The summed E-state index contributed by atoms with van der Waals surface area (Å²) in [7, 11) is 0. The quantitative estimate of drug-likeness (QED) is 0.844. The Morgan fingerprint density at radius 2 is 1.81 bits per heavy atom. The van der Waals surface area contributed by atoms with E-state index < -0.39 is 5.91 Å². The van der Waals surface area contributed by atoms with Gasteiger partial charge in [0.15, 0.2) is 5.76 Å². The highest BCUT2D eigenvalue weighted by atomic mass is 16.3. The Labute approximate surface area is 160 Å². The van der Waals surface area contributed by atoms with Crippen molar-refractivity contribution in [2.45, 2.75) is 38.1 Å². The Morgan fingerprint density at radius 3 is 2.52 bits per heavy atom. The Bertz CT molecular complexity index is 787. The fraction of sp³-hybridized carbons (Fsp3) is 0.571. The van der Waals surface area contributed by atoms with Crippen LogP contribution in [0.25, 0.3) is 11.0 Å². The van der Waals surface area contributed by atoms with Gasteiger partial charge in [0.1, 0.15) is 5.58 Å². The number of hydrogen-bond acceptors (Lipinski definition) is 5. The third-order valence-corrected chi connectivity index (χ3v) is 6.23. The standard InChI is InChI=1S/C21H30N4O2/c22-17-3-1-15(2-4-17)7-8-24-9-11-25(12-10-24)18-5-6-19-16(13-18)14-20(27-19)21(23)26/h5-6,13-15,17H,1-4,7-12,22H2,(H2,23,26)/t15-,17-. The molecule has 0 radical (unpaired) electrons. The number of hydrogen-bond donors (Lipinski definition) is 2. The van der Waals surface area contributed by atoms with Crippen molar-refractivity contribution in [1.82, 2.24) is 4.90 Å². The zero-order valence-electron chi connectivity index (χ0n) is 15.9. The van der Waals surface area contributed by atoms with E-state index in [1.807, 2.05) is 6.07 Å². The lowest BCUT2D eigenvalue weighted by molar-refractivity contribution is 0.0976. The van der Waals surface area contributed by atoms with Gasteiger partial charge in [0, 0.05) is 43.3 Å². The van der Waals surface area contributed by atoms with Gasteiger partial charge >= 0.3 is 0 Å². The van der Waals surface area contributed by atoms with Crippen LogP contribution in [0, 0.1) is 5.92 Å². The average Bonchev–Trinajstić information content (AvgIpc) is 3.12. The first-order valence-corrected chi connectivity index (χ1v) is 10.1. The number of anilines is 1. The van der Waals surface area contributed by atoms with Gasteiger partial charge in [-0.05, 0) is 68.8 Å². The van der Waals surface area contributed by atoms with E-state index in [-0.39, 0.29) is 5.76 Å². The molecule has 1 aliphatic carbocycles. The molecule has 1 amide bonds. The molecule has 6 nitrogen and oxygen atoms in total. The molecule has 1 aromatic heterocycles. The molecule has 1 saturated carbocycles. The van der Waals surface area contributed by atoms with E-state index in [2.05, 4.69) is 21.9 Å². The van der Waals surface area contributed by atoms with Crippen LogP contribution in [0.15, 0.2) is 28.7 Å². The van der Waals surface area contributed by atoms with Crippen molar-refractivity contribution >= 4 is 22.6 Å². The Kier molecular flexibility index (Phi) is 5.36. The summed E-state index contributed by atoms with van der Waals surface area (Å²) in [4.78, 5) is 16.3. The molecule has 1 aromatic carbocycles. The first-order chi connectivity index (χ1) is 13.1. The molecule has 0 unspecified atom stereocenters. The third kappa shape index (κ3) is 4.28. The van der Waals surface area contributed by atoms with Crippen LogP contribution >= 0.6 is 0 Å². The second-order valence-corrected chi connectivity index (χ2v) is 8.10. The van der Waals surface area contributed by atoms with E-state index in [4.69, 9.17) is 15.9 Å². The van der Waals surface area contributed by atoms with Gasteiger partial charge in [-0.25, -0.2) is 0 Å². The largest absolute Gasteiger partial charge is 0.451 e. The van der Waals surface area contributed by atoms with Crippen LogP contribution in [0.4, 0.5) is 5.69 Å². The molecule has 4 rings (SSSR count). The van der Waals surface area contributed by atoms with Crippen molar-refractivity contribution < 1.29 is 9.21 Å². The summed E-state index contributed by atoms with van der Waals surface area (Å²) in [6, 6.07) is 8.26. The lowest BCUT2D eigenvalue weighted by Gasteiger charge is -2.37. The number of nitrogens with two attached hydrogens (primary N) is 2. The van der Waals surface area contributed by atoms with Crippen molar-refractivity contribution in [2.24, 2.45) is 17.4 Å². The summed E-state index contributed by atoms with van der Waals surface area (Å²) in [6.45, 7) is 5.46. The molecule has 2 aromatic rings. The molecular formula is C21H30N4O2. The smallest absolute Gasteiger partial charge is 0.284 e. The topological polar surface area (TPSA) is 88.7 Å². The van der Waals surface area contributed by atoms with Crippen molar-refractivity contribution in [3.63, 3.8) is 0 Å². The summed E-state index contributed by atoms with van der Waals surface area (Å²) in [5.74, 6) is 0.558. The number of benzene rings is 1. The number of carbonyl (C=O) groups is 1. The predicted octanol–water partition coefficient (Wildman–Crippen LogP) is 2.56. The lowest BCUT2D eigenvalue weighted by atomic mass is 9.84. The summed E-state index contributed by atoms with van der Waals surface area (Å²) < 4.78 is 5.48. The van der Waals surface area contributed by atoms with E-state index in [0.29, 0.717) is 11.6 Å². The second kappa shape index (κ2) is 7.90. The minimum absolute atomic E-state index is 0.218. The highest BCUT2D eigenvalue weighted by Gasteiger charge is 2.22. The Hall–Kier alpha value is -2.05. The van der Waals surface area contributed by atoms with Crippen LogP contribution < -0.4 is 16.4 Å². The Morgan fingerprint density at radius 1 is 1.07 bits per heavy atom. The number of piperazine rings is 1. The average molecular weight is 370 g/mol. The van der Waals surface area contributed by atoms with Crippen LogP contribution in [0.5, 0.6) is 0 Å². The summed E-state index contributed by atoms with van der Waals surface area (Å²) in [6.07, 6.45) is 6.32. The number of nitrogens with zero attached hydrogens (tertiary/aromatic N) is 2. The second-order valence-electron chi connectivity index (χ2n) is 8.10. The molecular weight excluding hydrogens is 340 g/mol. The maximum absolute atomic E-state index is 11.3. The van der Waals surface area contributed by atoms with E-state index in [0.717, 1.165) is 37.5 Å². The monoisotopic (exact) mass is 370 g/mol. The zero-order valence-corrected chi connectivity index (χ0v) is 15.9. The predicted molar refractivity (Wildman–Crippen MR) is 108 cm³/mol. The van der Waals surface area contributed by atoms with Gasteiger partial charge in [-0.15, -0.1) is 0 Å². The van der Waals surface area contributed by atoms with Gasteiger partial charge < -0.3 is 20.8 Å². The highest BCUT2D eigenvalue weighted by molar-refractivity contribution is 5.95. The first-order valence-electron chi connectivity index (χ1n) is 10.1. The maximum atomic E-state index is 11.3. The molecule has 0 atom stereocenters. The molecule has 2 heterocycles. The van der Waals surface area contributed by atoms with E-state index >= 15 is 0 Å². The van der Waals surface area contributed by atoms with Crippen molar-refractivity contribution in [3.8, 4) is 0 Å². The molecule has 0 bridgehead atoms. The lowest BCUT2D eigenvalue weighted by Crippen LogP contribution is -2.47. The van der Waals surface area contributed by atoms with Gasteiger partial charge in [0.25, 0.3) is 5.91 Å². The molecule has 146 valence electrons.